The second-order valence-electron chi connectivity index (χ2n) is 8.09. The number of carbonyl (C=O) groups excluding carboxylic acids is 3. The first-order valence-electron chi connectivity index (χ1n) is 11.9. The van der Waals surface area contributed by atoms with Gasteiger partial charge in [-0.25, -0.2) is 4.79 Å². The van der Waals surface area contributed by atoms with Crippen LogP contribution in [0.3, 0.4) is 0 Å². The van der Waals surface area contributed by atoms with Gasteiger partial charge in [0.2, 0.25) is 0 Å². The number of unbranched alkanes of at least 4 members (excludes halogenated alkanes) is 6. The maximum absolute atomic E-state index is 12.2. The van der Waals surface area contributed by atoms with Crippen LogP contribution in [0.4, 0.5) is 0 Å². The molecular weight excluding hydrogens is 394 g/mol. The number of rotatable bonds is 20. The molecule has 0 bridgehead atoms. The number of amides is 1. The van der Waals surface area contributed by atoms with E-state index in [9.17, 15) is 14.4 Å². The van der Waals surface area contributed by atoms with Crippen molar-refractivity contribution in [1.82, 2.24) is 5.48 Å². The predicted molar refractivity (Wildman–Crippen MR) is 124 cm³/mol. The molecule has 0 aromatic carbocycles. The number of nitrogens with one attached hydrogen (secondary N) is 1. The van der Waals surface area contributed by atoms with Crippen LogP contribution in [0.2, 0.25) is 0 Å². The molecule has 0 aliphatic heterocycles. The summed E-state index contributed by atoms with van der Waals surface area (Å²) in [7, 11) is 0. The molecule has 0 aliphatic rings. The standard InChI is InChI=1S/C25H43NO5/c1-3-5-6-7-8-9-12-16-22(21-28)17-13-10-11-14-18-23(19-15-20-27)25(30)26-31-24(29)4-2/h4,8-9,21-23,27H,2-3,5-7,10-20H2,1H3,(H,26,30). The molecule has 0 aromatic heterocycles. The van der Waals surface area contributed by atoms with Gasteiger partial charge in [-0.3, -0.25) is 4.79 Å². The number of hydroxylamine groups is 1. The molecule has 0 saturated carbocycles. The van der Waals surface area contributed by atoms with Gasteiger partial charge >= 0.3 is 5.97 Å². The van der Waals surface area contributed by atoms with Crippen molar-refractivity contribution < 1.29 is 24.3 Å². The summed E-state index contributed by atoms with van der Waals surface area (Å²) in [5, 5.41) is 9.03. The minimum absolute atomic E-state index is 0.0250. The highest BCUT2D eigenvalue weighted by Gasteiger charge is 2.19. The Morgan fingerprint density at radius 2 is 1.61 bits per heavy atom. The number of carbonyl (C=O) groups is 3. The Balaban J connectivity index is 4.01. The van der Waals surface area contributed by atoms with Crippen LogP contribution in [0.5, 0.6) is 0 Å². The lowest BCUT2D eigenvalue weighted by Gasteiger charge is -2.15. The molecule has 2 unspecified atom stereocenters. The van der Waals surface area contributed by atoms with Crippen molar-refractivity contribution in [2.45, 2.75) is 96.8 Å². The zero-order valence-corrected chi connectivity index (χ0v) is 19.4. The fraction of sp³-hybridized carbons (Fsp3) is 0.720. The Kier molecular flexibility index (Phi) is 19.9. The molecule has 2 atom stereocenters. The zero-order valence-electron chi connectivity index (χ0n) is 19.4. The van der Waals surface area contributed by atoms with Crippen LogP contribution in [-0.2, 0) is 19.2 Å². The Hall–Kier alpha value is -1.95. The molecule has 178 valence electrons. The largest absolute Gasteiger partial charge is 0.396 e. The maximum Gasteiger partial charge on any atom is 0.355 e. The minimum Gasteiger partial charge on any atom is -0.396 e. The Morgan fingerprint density at radius 3 is 2.26 bits per heavy atom. The van der Waals surface area contributed by atoms with E-state index in [2.05, 4.69) is 36.0 Å². The number of allylic oxidation sites excluding steroid dienone is 2. The van der Waals surface area contributed by atoms with E-state index in [4.69, 9.17) is 5.11 Å². The van der Waals surface area contributed by atoms with Gasteiger partial charge in [0.25, 0.3) is 5.91 Å². The lowest BCUT2D eigenvalue weighted by Crippen LogP contribution is -2.32. The van der Waals surface area contributed by atoms with Crippen LogP contribution >= 0.6 is 0 Å². The second kappa shape index (κ2) is 21.3. The van der Waals surface area contributed by atoms with E-state index in [0.29, 0.717) is 19.3 Å². The molecule has 6 nitrogen and oxygen atoms in total. The molecule has 0 aromatic rings. The third kappa shape index (κ3) is 17.4. The number of aldehydes is 1. The maximum atomic E-state index is 12.2. The lowest BCUT2D eigenvalue weighted by atomic mass is 9.94. The first-order chi connectivity index (χ1) is 15.1. The van der Waals surface area contributed by atoms with Gasteiger partial charge in [-0.15, -0.1) is 0 Å². The van der Waals surface area contributed by atoms with E-state index in [0.717, 1.165) is 63.7 Å². The van der Waals surface area contributed by atoms with Crippen LogP contribution in [0.15, 0.2) is 24.8 Å². The van der Waals surface area contributed by atoms with Gasteiger partial charge in [0, 0.05) is 24.5 Å². The van der Waals surface area contributed by atoms with Crippen molar-refractivity contribution in [2.75, 3.05) is 6.61 Å². The first kappa shape index (κ1) is 29.1. The van der Waals surface area contributed by atoms with Crippen LogP contribution in [0, 0.1) is 11.8 Å². The lowest BCUT2D eigenvalue weighted by molar-refractivity contribution is -0.155. The summed E-state index contributed by atoms with van der Waals surface area (Å²) in [4.78, 5) is 39.1. The van der Waals surface area contributed by atoms with Crippen molar-refractivity contribution in [1.29, 1.82) is 0 Å². The monoisotopic (exact) mass is 437 g/mol. The summed E-state index contributed by atoms with van der Waals surface area (Å²) >= 11 is 0. The van der Waals surface area contributed by atoms with E-state index >= 15 is 0 Å². The van der Waals surface area contributed by atoms with E-state index in [1.807, 2.05) is 0 Å². The third-order valence-corrected chi connectivity index (χ3v) is 5.42. The van der Waals surface area contributed by atoms with Crippen molar-refractivity contribution >= 4 is 18.2 Å². The number of aliphatic hydroxyl groups is 1. The molecule has 0 heterocycles. The van der Waals surface area contributed by atoms with Crippen LogP contribution < -0.4 is 5.48 Å². The number of hydrogen-bond donors (Lipinski definition) is 2. The molecule has 1 amide bonds. The quantitative estimate of drug-likeness (QED) is 0.0897. The first-order valence-corrected chi connectivity index (χ1v) is 11.9. The van der Waals surface area contributed by atoms with Gasteiger partial charge in [0.05, 0.1) is 0 Å². The summed E-state index contributed by atoms with van der Waals surface area (Å²) in [6, 6.07) is 0. The molecule has 0 radical (unpaired) electrons. The predicted octanol–water partition coefficient (Wildman–Crippen LogP) is 5.21. The van der Waals surface area contributed by atoms with Crippen LogP contribution in [0.1, 0.15) is 96.8 Å². The Labute approximate surface area is 188 Å². The Morgan fingerprint density at radius 1 is 0.935 bits per heavy atom. The minimum atomic E-state index is -0.703. The van der Waals surface area contributed by atoms with Crippen molar-refractivity contribution in [3.63, 3.8) is 0 Å². The van der Waals surface area contributed by atoms with Crippen LogP contribution in [0.25, 0.3) is 0 Å². The van der Waals surface area contributed by atoms with Gasteiger partial charge < -0.3 is 14.7 Å². The van der Waals surface area contributed by atoms with E-state index < -0.39 is 5.97 Å². The Bertz CT molecular complexity index is 518. The molecule has 31 heavy (non-hydrogen) atoms. The number of hydrogen-bond acceptors (Lipinski definition) is 5. The SMILES string of the molecule is C=CC(=O)ONC(=O)C(CCCO)CCCCCCC(C=O)CCC=CCCCCC. The van der Waals surface area contributed by atoms with Gasteiger partial charge in [0.1, 0.15) is 6.29 Å². The fourth-order valence-electron chi connectivity index (χ4n) is 3.46. The third-order valence-electron chi connectivity index (χ3n) is 5.42. The molecule has 0 rings (SSSR count). The summed E-state index contributed by atoms with van der Waals surface area (Å²) in [5.74, 6) is -1.21. The van der Waals surface area contributed by atoms with Gasteiger partial charge in [0.15, 0.2) is 0 Å². The van der Waals surface area contributed by atoms with E-state index in [1.54, 1.807) is 0 Å². The molecule has 0 spiro atoms. The molecule has 0 fully saturated rings. The second-order valence-corrected chi connectivity index (χ2v) is 8.09. The smallest absolute Gasteiger partial charge is 0.355 e. The van der Waals surface area contributed by atoms with Crippen LogP contribution in [-0.4, -0.2) is 29.9 Å². The summed E-state index contributed by atoms with van der Waals surface area (Å²) < 4.78 is 0. The van der Waals surface area contributed by atoms with Gasteiger partial charge in [-0.1, -0.05) is 64.2 Å². The average Bonchev–Trinajstić information content (AvgIpc) is 2.79. The fourth-order valence-corrected chi connectivity index (χ4v) is 3.46. The van der Waals surface area contributed by atoms with Crippen molar-refractivity contribution in [3.05, 3.63) is 24.8 Å². The zero-order chi connectivity index (χ0) is 23.2. The van der Waals surface area contributed by atoms with Gasteiger partial charge in [-0.2, -0.15) is 5.48 Å². The van der Waals surface area contributed by atoms with Gasteiger partial charge in [-0.05, 0) is 51.4 Å². The highest BCUT2D eigenvalue weighted by molar-refractivity contribution is 5.84. The normalized spacial score (nSPS) is 13.0. The summed E-state index contributed by atoms with van der Waals surface area (Å²) in [6.45, 7) is 5.51. The molecule has 2 N–H and O–H groups in total. The van der Waals surface area contributed by atoms with E-state index in [-0.39, 0.29) is 24.3 Å². The highest BCUT2D eigenvalue weighted by Crippen LogP contribution is 2.19. The summed E-state index contributed by atoms with van der Waals surface area (Å²) in [6.07, 6.45) is 19.9. The summed E-state index contributed by atoms with van der Waals surface area (Å²) in [5.41, 5.74) is 2.17. The molecular formula is C25H43NO5. The molecule has 6 heteroatoms. The van der Waals surface area contributed by atoms with Crippen molar-refractivity contribution in [3.8, 4) is 0 Å². The average molecular weight is 438 g/mol. The topological polar surface area (TPSA) is 92.7 Å². The highest BCUT2D eigenvalue weighted by atomic mass is 16.7. The number of aliphatic hydroxyl groups excluding tert-OH is 1. The van der Waals surface area contributed by atoms with E-state index in [1.165, 1.54) is 19.3 Å². The van der Waals surface area contributed by atoms with Crippen molar-refractivity contribution in [2.24, 2.45) is 11.8 Å². The molecule has 0 aliphatic carbocycles. The molecule has 0 saturated heterocycles.